The van der Waals surface area contributed by atoms with Gasteiger partial charge in [0.1, 0.15) is 17.4 Å². The molecule has 0 aliphatic rings. The van der Waals surface area contributed by atoms with E-state index in [0.717, 1.165) is 28.1 Å². The Kier molecular flexibility index (Phi) is 4.91. The van der Waals surface area contributed by atoms with Gasteiger partial charge < -0.3 is 10.5 Å². The van der Waals surface area contributed by atoms with Gasteiger partial charge in [0, 0.05) is 22.1 Å². The molecule has 0 radical (unpaired) electrons. The average molecular weight is 354 g/mol. The molecule has 0 spiro atoms. The molecule has 5 heteroatoms. The number of rotatable bonds is 4. The molecule has 1 aromatic heterocycles. The van der Waals surface area contributed by atoms with Crippen LogP contribution in [-0.2, 0) is 0 Å². The minimum absolute atomic E-state index is 0.0121. The average Bonchev–Trinajstić information content (AvgIpc) is 2.61. The van der Waals surface area contributed by atoms with Gasteiger partial charge in [0.25, 0.3) is 0 Å². The van der Waals surface area contributed by atoms with Gasteiger partial charge in [0.05, 0.1) is 12.8 Å². The lowest BCUT2D eigenvalue weighted by atomic mass is 9.90. The summed E-state index contributed by atoms with van der Waals surface area (Å²) in [7, 11) is 1.66. The minimum Gasteiger partial charge on any atom is -0.497 e. The van der Waals surface area contributed by atoms with Crippen LogP contribution in [0.4, 0.5) is 5.82 Å². The summed E-state index contributed by atoms with van der Waals surface area (Å²) in [5, 5.41) is 0.638. The van der Waals surface area contributed by atoms with E-state index >= 15 is 0 Å². The third-order valence-electron chi connectivity index (χ3n) is 4.24. The van der Waals surface area contributed by atoms with E-state index in [-0.39, 0.29) is 5.92 Å². The maximum absolute atomic E-state index is 6.41. The fraction of sp³-hybridized carbons (Fsp3) is 0.200. The van der Waals surface area contributed by atoms with E-state index in [9.17, 15) is 0 Å². The Bertz CT molecular complexity index is 911. The van der Waals surface area contributed by atoms with Crippen molar-refractivity contribution in [1.29, 1.82) is 0 Å². The first-order valence-corrected chi connectivity index (χ1v) is 8.42. The number of nitrogen functional groups attached to an aromatic ring is 1. The third-order valence-corrected chi connectivity index (χ3v) is 4.57. The van der Waals surface area contributed by atoms with E-state index in [1.165, 1.54) is 0 Å². The smallest absolute Gasteiger partial charge is 0.131 e. The van der Waals surface area contributed by atoms with Crippen LogP contribution in [0.15, 0.2) is 48.5 Å². The first-order chi connectivity index (χ1) is 12.0. The lowest BCUT2D eigenvalue weighted by molar-refractivity contribution is 0.414. The van der Waals surface area contributed by atoms with Gasteiger partial charge in [-0.1, -0.05) is 48.9 Å². The molecule has 1 atom stereocenters. The fourth-order valence-electron chi connectivity index (χ4n) is 2.97. The van der Waals surface area contributed by atoms with E-state index in [4.69, 9.17) is 22.1 Å². The molecule has 0 aliphatic carbocycles. The Hall–Kier alpha value is -2.59. The predicted molar refractivity (Wildman–Crippen MR) is 102 cm³/mol. The third kappa shape index (κ3) is 3.44. The number of nitrogens with zero attached hydrogens (tertiary/aromatic N) is 2. The molecular formula is C20H20ClN3O. The zero-order valence-corrected chi connectivity index (χ0v) is 15.2. The second-order valence-electron chi connectivity index (χ2n) is 5.90. The second-order valence-corrected chi connectivity index (χ2v) is 6.30. The van der Waals surface area contributed by atoms with Gasteiger partial charge in [-0.2, -0.15) is 0 Å². The summed E-state index contributed by atoms with van der Waals surface area (Å²) >= 11 is 6.41. The van der Waals surface area contributed by atoms with Gasteiger partial charge in [-0.25, -0.2) is 9.97 Å². The molecule has 0 fully saturated rings. The van der Waals surface area contributed by atoms with Crippen LogP contribution in [-0.4, -0.2) is 17.1 Å². The molecule has 0 saturated heterocycles. The van der Waals surface area contributed by atoms with Crippen molar-refractivity contribution in [3.8, 4) is 17.0 Å². The van der Waals surface area contributed by atoms with Crippen molar-refractivity contribution in [1.82, 2.24) is 9.97 Å². The number of halogens is 1. The minimum atomic E-state index is -0.0121. The normalized spacial score (nSPS) is 12.0. The summed E-state index contributed by atoms with van der Waals surface area (Å²) in [6.07, 6.45) is 0. The molecule has 3 aromatic rings. The van der Waals surface area contributed by atoms with Crippen molar-refractivity contribution in [2.45, 2.75) is 19.8 Å². The highest BCUT2D eigenvalue weighted by molar-refractivity contribution is 6.33. The Labute approximate surface area is 152 Å². The monoisotopic (exact) mass is 353 g/mol. The summed E-state index contributed by atoms with van der Waals surface area (Å²) in [4.78, 5) is 9.02. The number of aryl methyl sites for hydroxylation is 1. The SMILES string of the molecule is COc1cccc(C(C)c2c(N)nc(C)nc2-c2ccccc2Cl)c1. The molecule has 0 aliphatic heterocycles. The number of hydrogen-bond donors (Lipinski definition) is 1. The molecule has 25 heavy (non-hydrogen) atoms. The van der Waals surface area contributed by atoms with Gasteiger partial charge in [-0.15, -0.1) is 0 Å². The van der Waals surface area contributed by atoms with E-state index < -0.39 is 0 Å². The molecule has 0 amide bonds. The van der Waals surface area contributed by atoms with Gasteiger partial charge in [-0.05, 0) is 30.7 Å². The summed E-state index contributed by atoms with van der Waals surface area (Å²) in [6.45, 7) is 3.91. The number of aromatic nitrogens is 2. The summed E-state index contributed by atoms with van der Waals surface area (Å²) in [5.74, 6) is 1.88. The Morgan fingerprint density at radius 2 is 1.84 bits per heavy atom. The standard InChI is InChI=1S/C20H20ClN3O/c1-12(14-7-6-8-15(11-14)25-3)18-19(23-13(2)24-20(18)22)16-9-4-5-10-17(16)21/h4-12H,1-3H3,(H2,22,23,24). The Morgan fingerprint density at radius 3 is 2.56 bits per heavy atom. The topological polar surface area (TPSA) is 61.0 Å². The van der Waals surface area contributed by atoms with E-state index in [2.05, 4.69) is 16.9 Å². The van der Waals surface area contributed by atoms with Crippen molar-refractivity contribution >= 4 is 17.4 Å². The van der Waals surface area contributed by atoms with Crippen LogP contribution < -0.4 is 10.5 Å². The van der Waals surface area contributed by atoms with Crippen LogP contribution in [0.25, 0.3) is 11.3 Å². The van der Waals surface area contributed by atoms with Crippen LogP contribution in [0, 0.1) is 6.92 Å². The number of benzene rings is 2. The van der Waals surface area contributed by atoms with Crippen molar-refractivity contribution in [2.75, 3.05) is 12.8 Å². The first kappa shape index (κ1) is 17.2. The van der Waals surface area contributed by atoms with Crippen LogP contribution in [0.5, 0.6) is 5.75 Å². The quantitative estimate of drug-likeness (QED) is 0.728. The van der Waals surface area contributed by atoms with Crippen molar-refractivity contribution in [3.05, 3.63) is 70.5 Å². The lowest BCUT2D eigenvalue weighted by Gasteiger charge is -2.19. The molecule has 0 bridgehead atoms. The highest BCUT2D eigenvalue weighted by Crippen LogP contribution is 2.38. The second kappa shape index (κ2) is 7.11. The number of ether oxygens (including phenoxy) is 1. The molecule has 2 N–H and O–H groups in total. The fourth-order valence-corrected chi connectivity index (χ4v) is 3.19. The zero-order chi connectivity index (χ0) is 18.0. The van der Waals surface area contributed by atoms with Crippen LogP contribution in [0.3, 0.4) is 0 Å². The summed E-state index contributed by atoms with van der Waals surface area (Å²) < 4.78 is 5.34. The van der Waals surface area contributed by atoms with E-state index in [1.807, 2.05) is 55.5 Å². The predicted octanol–water partition coefficient (Wildman–Crippen LogP) is 4.85. The van der Waals surface area contributed by atoms with E-state index in [1.54, 1.807) is 7.11 Å². The van der Waals surface area contributed by atoms with Crippen molar-refractivity contribution in [2.24, 2.45) is 0 Å². The highest BCUT2D eigenvalue weighted by atomic mass is 35.5. The summed E-state index contributed by atoms with van der Waals surface area (Å²) in [6, 6.07) is 15.6. The van der Waals surface area contributed by atoms with Gasteiger partial charge >= 0.3 is 0 Å². The maximum Gasteiger partial charge on any atom is 0.131 e. The van der Waals surface area contributed by atoms with Crippen LogP contribution in [0.1, 0.15) is 29.8 Å². The molecule has 1 unspecified atom stereocenters. The number of anilines is 1. The van der Waals surface area contributed by atoms with Crippen LogP contribution >= 0.6 is 11.6 Å². The lowest BCUT2D eigenvalue weighted by Crippen LogP contribution is -2.09. The van der Waals surface area contributed by atoms with Gasteiger partial charge in [0.2, 0.25) is 0 Å². The molecule has 128 valence electrons. The zero-order valence-electron chi connectivity index (χ0n) is 14.5. The van der Waals surface area contributed by atoms with Crippen LogP contribution in [0.2, 0.25) is 5.02 Å². The van der Waals surface area contributed by atoms with E-state index in [0.29, 0.717) is 16.7 Å². The molecule has 4 nitrogen and oxygen atoms in total. The molecule has 1 heterocycles. The summed E-state index contributed by atoms with van der Waals surface area (Å²) in [5.41, 5.74) is 9.86. The number of nitrogens with two attached hydrogens (primary N) is 1. The molecule has 3 rings (SSSR count). The maximum atomic E-state index is 6.41. The van der Waals surface area contributed by atoms with Crippen molar-refractivity contribution in [3.63, 3.8) is 0 Å². The molecule has 2 aromatic carbocycles. The Balaban J connectivity index is 2.20. The van der Waals surface area contributed by atoms with Gasteiger partial charge in [0.15, 0.2) is 0 Å². The van der Waals surface area contributed by atoms with Gasteiger partial charge in [-0.3, -0.25) is 0 Å². The van der Waals surface area contributed by atoms with Crippen molar-refractivity contribution < 1.29 is 4.74 Å². The molecule has 0 saturated carbocycles. The largest absolute Gasteiger partial charge is 0.497 e. The Morgan fingerprint density at radius 1 is 1.08 bits per heavy atom. The molecular weight excluding hydrogens is 334 g/mol. The first-order valence-electron chi connectivity index (χ1n) is 8.04. The number of hydrogen-bond acceptors (Lipinski definition) is 4. The number of methoxy groups -OCH3 is 1. The highest BCUT2D eigenvalue weighted by Gasteiger charge is 2.21.